The number of nitrogens with two attached hydrogens (primary N) is 1. The molecule has 0 unspecified atom stereocenters. The Morgan fingerprint density at radius 1 is 1.69 bits per heavy atom. The van der Waals surface area contributed by atoms with E-state index in [9.17, 15) is 5.11 Å². The van der Waals surface area contributed by atoms with E-state index in [2.05, 4.69) is 0 Å². The van der Waals surface area contributed by atoms with Gasteiger partial charge in [-0.05, 0) is 19.0 Å². The molecule has 4 heteroatoms. The summed E-state index contributed by atoms with van der Waals surface area (Å²) in [5.74, 6) is 0.562. The average molecular weight is 185 g/mol. The molecule has 0 fully saturated rings. The van der Waals surface area contributed by atoms with Crippen molar-refractivity contribution in [2.75, 3.05) is 13.7 Å². The van der Waals surface area contributed by atoms with Crippen molar-refractivity contribution < 1.29 is 14.3 Å². The van der Waals surface area contributed by atoms with Gasteiger partial charge < -0.3 is 20.0 Å². The summed E-state index contributed by atoms with van der Waals surface area (Å²) < 4.78 is 10.1. The summed E-state index contributed by atoms with van der Waals surface area (Å²) in [5.41, 5.74) is 6.20. The number of ether oxygens (including phenoxy) is 1. The zero-order chi connectivity index (χ0) is 9.68. The molecule has 0 saturated heterocycles. The van der Waals surface area contributed by atoms with Gasteiger partial charge in [-0.15, -0.1) is 0 Å². The predicted octanol–water partition coefficient (Wildman–Crippen LogP) is 0.808. The highest BCUT2D eigenvalue weighted by Gasteiger charge is 2.14. The van der Waals surface area contributed by atoms with Crippen LogP contribution in [0.25, 0.3) is 0 Å². The van der Waals surface area contributed by atoms with Crippen molar-refractivity contribution in [1.82, 2.24) is 0 Å². The number of rotatable bonds is 5. The molecule has 0 bridgehead atoms. The van der Waals surface area contributed by atoms with E-state index in [1.54, 1.807) is 19.4 Å². The number of furan rings is 1. The van der Waals surface area contributed by atoms with Gasteiger partial charge in [0.25, 0.3) is 0 Å². The maximum Gasteiger partial charge on any atom is 0.137 e. The van der Waals surface area contributed by atoms with Crippen LogP contribution in [0.5, 0.6) is 0 Å². The molecule has 74 valence electrons. The molecule has 0 aliphatic carbocycles. The van der Waals surface area contributed by atoms with Gasteiger partial charge in [-0.3, -0.25) is 0 Å². The minimum Gasteiger partial charge on any atom is -0.466 e. The SMILES string of the molecule is COCc1ccoc1[C@@H](O)CCN. The summed E-state index contributed by atoms with van der Waals surface area (Å²) in [6.07, 6.45) is 1.43. The zero-order valence-corrected chi connectivity index (χ0v) is 7.69. The average Bonchev–Trinajstić information content (AvgIpc) is 2.54. The van der Waals surface area contributed by atoms with Crippen LogP contribution in [0.1, 0.15) is 23.8 Å². The van der Waals surface area contributed by atoms with Crippen LogP contribution in [0, 0.1) is 0 Å². The monoisotopic (exact) mass is 185 g/mol. The number of hydrogen-bond donors (Lipinski definition) is 2. The molecule has 4 nitrogen and oxygen atoms in total. The van der Waals surface area contributed by atoms with E-state index in [1.807, 2.05) is 0 Å². The van der Waals surface area contributed by atoms with Crippen LogP contribution in [0.3, 0.4) is 0 Å². The van der Waals surface area contributed by atoms with Gasteiger partial charge in [-0.25, -0.2) is 0 Å². The normalized spacial score (nSPS) is 13.2. The van der Waals surface area contributed by atoms with E-state index in [-0.39, 0.29) is 0 Å². The fraction of sp³-hybridized carbons (Fsp3) is 0.556. The first kappa shape index (κ1) is 10.2. The lowest BCUT2D eigenvalue weighted by Gasteiger charge is -2.08. The summed E-state index contributed by atoms with van der Waals surface area (Å²) in [6, 6.07) is 1.79. The lowest BCUT2D eigenvalue weighted by Crippen LogP contribution is -2.07. The van der Waals surface area contributed by atoms with Gasteiger partial charge in [0.15, 0.2) is 0 Å². The van der Waals surface area contributed by atoms with Gasteiger partial charge in [-0.1, -0.05) is 0 Å². The van der Waals surface area contributed by atoms with Crippen LogP contribution in [-0.2, 0) is 11.3 Å². The number of aliphatic hydroxyl groups is 1. The molecule has 0 saturated carbocycles. The molecular weight excluding hydrogens is 170 g/mol. The summed E-state index contributed by atoms with van der Waals surface area (Å²) in [5, 5.41) is 9.59. The molecular formula is C9H15NO3. The van der Waals surface area contributed by atoms with Crippen LogP contribution < -0.4 is 5.73 Å². The Morgan fingerprint density at radius 3 is 3.08 bits per heavy atom. The minimum atomic E-state index is -0.620. The fourth-order valence-electron chi connectivity index (χ4n) is 1.20. The molecule has 1 heterocycles. The van der Waals surface area contributed by atoms with Gasteiger partial charge in [0.1, 0.15) is 11.9 Å². The van der Waals surface area contributed by atoms with E-state index >= 15 is 0 Å². The Morgan fingerprint density at radius 2 is 2.46 bits per heavy atom. The highest BCUT2D eigenvalue weighted by atomic mass is 16.5. The first-order valence-electron chi connectivity index (χ1n) is 4.23. The number of aliphatic hydroxyl groups excluding tert-OH is 1. The van der Waals surface area contributed by atoms with Gasteiger partial charge in [0.2, 0.25) is 0 Å². The van der Waals surface area contributed by atoms with Crippen molar-refractivity contribution in [2.24, 2.45) is 5.73 Å². The second-order valence-corrected chi connectivity index (χ2v) is 2.84. The third-order valence-electron chi connectivity index (χ3n) is 1.82. The summed E-state index contributed by atoms with van der Waals surface area (Å²) in [6.45, 7) is 0.891. The molecule has 0 aliphatic heterocycles. The maximum atomic E-state index is 9.59. The topological polar surface area (TPSA) is 68.6 Å². The van der Waals surface area contributed by atoms with Crippen molar-refractivity contribution in [1.29, 1.82) is 0 Å². The molecule has 3 N–H and O–H groups in total. The minimum absolute atomic E-state index is 0.439. The molecule has 0 amide bonds. The quantitative estimate of drug-likeness (QED) is 0.712. The summed E-state index contributed by atoms with van der Waals surface area (Å²) in [4.78, 5) is 0. The molecule has 1 atom stereocenters. The lowest BCUT2D eigenvalue weighted by molar-refractivity contribution is 0.133. The fourth-order valence-corrected chi connectivity index (χ4v) is 1.20. The lowest BCUT2D eigenvalue weighted by atomic mass is 10.1. The van der Waals surface area contributed by atoms with Crippen molar-refractivity contribution in [3.05, 3.63) is 23.7 Å². The molecule has 0 radical (unpaired) electrons. The molecule has 0 aliphatic rings. The second kappa shape index (κ2) is 5.01. The van der Waals surface area contributed by atoms with Gasteiger partial charge in [0, 0.05) is 12.7 Å². The van der Waals surface area contributed by atoms with Crippen molar-refractivity contribution in [3.63, 3.8) is 0 Å². The maximum absolute atomic E-state index is 9.59. The molecule has 1 aromatic rings. The van der Waals surface area contributed by atoms with Crippen LogP contribution >= 0.6 is 0 Å². The third-order valence-corrected chi connectivity index (χ3v) is 1.82. The Balaban J connectivity index is 2.68. The van der Waals surface area contributed by atoms with E-state index in [4.69, 9.17) is 14.9 Å². The number of hydrogen-bond acceptors (Lipinski definition) is 4. The van der Waals surface area contributed by atoms with Crippen molar-refractivity contribution in [2.45, 2.75) is 19.1 Å². The Kier molecular flexibility index (Phi) is 3.95. The molecule has 0 aromatic carbocycles. The first-order chi connectivity index (χ1) is 6.29. The van der Waals surface area contributed by atoms with Crippen LogP contribution in [0.2, 0.25) is 0 Å². The second-order valence-electron chi connectivity index (χ2n) is 2.84. The van der Waals surface area contributed by atoms with Gasteiger partial charge in [0.05, 0.1) is 12.9 Å². The summed E-state index contributed by atoms with van der Waals surface area (Å²) >= 11 is 0. The standard InChI is InChI=1S/C9H15NO3/c1-12-6-7-3-5-13-9(7)8(11)2-4-10/h3,5,8,11H,2,4,6,10H2,1H3/t8-/m0/s1. The van der Waals surface area contributed by atoms with Gasteiger partial charge >= 0.3 is 0 Å². The van der Waals surface area contributed by atoms with E-state index < -0.39 is 6.10 Å². The Labute approximate surface area is 77.3 Å². The van der Waals surface area contributed by atoms with E-state index in [0.717, 1.165) is 5.56 Å². The van der Waals surface area contributed by atoms with E-state index in [0.29, 0.717) is 25.3 Å². The third kappa shape index (κ3) is 2.55. The van der Waals surface area contributed by atoms with E-state index in [1.165, 1.54) is 0 Å². The molecule has 0 spiro atoms. The zero-order valence-electron chi connectivity index (χ0n) is 7.69. The summed E-state index contributed by atoms with van der Waals surface area (Å²) in [7, 11) is 1.60. The highest BCUT2D eigenvalue weighted by molar-refractivity contribution is 5.18. The molecule has 1 rings (SSSR count). The van der Waals surface area contributed by atoms with Crippen molar-refractivity contribution in [3.8, 4) is 0 Å². The predicted molar refractivity (Wildman–Crippen MR) is 48.1 cm³/mol. The molecule has 1 aromatic heterocycles. The largest absolute Gasteiger partial charge is 0.466 e. The molecule has 13 heavy (non-hydrogen) atoms. The Bertz CT molecular complexity index is 247. The van der Waals surface area contributed by atoms with Crippen LogP contribution in [0.4, 0.5) is 0 Å². The van der Waals surface area contributed by atoms with Crippen LogP contribution in [0.15, 0.2) is 16.7 Å². The first-order valence-corrected chi connectivity index (χ1v) is 4.23. The van der Waals surface area contributed by atoms with Gasteiger partial charge in [-0.2, -0.15) is 0 Å². The smallest absolute Gasteiger partial charge is 0.137 e. The number of methoxy groups -OCH3 is 1. The Hall–Kier alpha value is -0.840. The van der Waals surface area contributed by atoms with Crippen molar-refractivity contribution >= 4 is 0 Å². The highest BCUT2D eigenvalue weighted by Crippen LogP contribution is 2.22. The van der Waals surface area contributed by atoms with Crippen LogP contribution in [-0.4, -0.2) is 18.8 Å².